The largest absolute Gasteiger partial charge is 0.468 e. The molecule has 0 heterocycles. The van der Waals surface area contributed by atoms with Crippen LogP contribution in [0.3, 0.4) is 0 Å². The van der Waals surface area contributed by atoms with Gasteiger partial charge in [0.2, 0.25) is 0 Å². The molecule has 72 valence electrons. The van der Waals surface area contributed by atoms with Gasteiger partial charge in [0, 0.05) is 0 Å². The smallest absolute Gasteiger partial charge is 0.293 e. The van der Waals surface area contributed by atoms with Crippen LogP contribution in [0, 0.1) is 11.8 Å². The fourth-order valence-corrected chi connectivity index (χ4v) is 1.57. The molecule has 0 fully saturated rings. The van der Waals surface area contributed by atoms with E-state index in [1.165, 1.54) is 12.8 Å². The minimum Gasteiger partial charge on any atom is -0.468 e. The van der Waals surface area contributed by atoms with Crippen LogP contribution in [0.4, 0.5) is 0 Å². The third kappa shape index (κ3) is 6.20. The molecule has 0 aliphatic rings. The molecule has 12 heavy (non-hydrogen) atoms. The van der Waals surface area contributed by atoms with Gasteiger partial charge in [-0.15, -0.1) is 0 Å². The highest BCUT2D eigenvalue weighted by atomic mass is 16.5. The molecule has 0 rings (SSSR count). The molecule has 0 N–H and O–H groups in total. The molecule has 2 heteroatoms. The van der Waals surface area contributed by atoms with Crippen molar-refractivity contribution in [2.24, 2.45) is 11.8 Å². The maximum Gasteiger partial charge on any atom is 0.293 e. The lowest BCUT2D eigenvalue weighted by Crippen LogP contribution is -2.09. The summed E-state index contributed by atoms with van der Waals surface area (Å²) < 4.78 is 4.69. The van der Waals surface area contributed by atoms with E-state index >= 15 is 0 Å². The summed E-state index contributed by atoms with van der Waals surface area (Å²) >= 11 is 0. The quantitative estimate of drug-likeness (QED) is 0.552. The Morgan fingerprint density at radius 1 is 1.33 bits per heavy atom. The highest BCUT2D eigenvalue weighted by Gasteiger charge is 2.07. The van der Waals surface area contributed by atoms with Gasteiger partial charge >= 0.3 is 0 Å². The molecule has 2 nitrogen and oxygen atoms in total. The monoisotopic (exact) mass is 172 g/mol. The molecule has 0 spiro atoms. The van der Waals surface area contributed by atoms with E-state index in [0.717, 1.165) is 12.3 Å². The predicted molar refractivity (Wildman–Crippen MR) is 49.9 cm³/mol. The Morgan fingerprint density at radius 2 is 2.00 bits per heavy atom. The fraction of sp³-hybridized carbons (Fsp3) is 0.900. The molecule has 2 atom stereocenters. The molecule has 0 bridgehead atoms. The van der Waals surface area contributed by atoms with Gasteiger partial charge in [-0.3, -0.25) is 4.79 Å². The first-order valence-electron chi connectivity index (χ1n) is 4.75. The van der Waals surface area contributed by atoms with E-state index < -0.39 is 0 Å². The Hall–Kier alpha value is -0.530. The standard InChI is InChI=1S/C10H20O2/c1-4-5-9(2)6-10(3)7-12-8-11/h8-10H,4-7H2,1-3H3. The van der Waals surface area contributed by atoms with Crippen LogP contribution in [0.2, 0.25) is 0 Å². The second kappa shape index (κ2) is 7.14. The van der Waals surface area contributed by atoms with Crippen molar-refractivity contribution in [1.29, 1.82) is 0 Å². The van der Waals surface area contributed by atoms with Gasteiger partial charge in [0.1, 0.15) is 0 Å². The van der Waals surface area contributed by atoms with Crippen LogP contribution in [0.5, 0.6) is 0 Å². The first-order chi connectivity index (χ1) is 5.70. The van der Waals surface area contributed by atoms with Crippen LogP contribution < -0.4 is 0 Å². The Morgan fingerprint density at radius 3 is 2.50 bits per heavy atom. The zero-order chi connectivity index (χ0) is 9.40. The SMILES string of the molecule is CCCC(C)CC(C)COC=O. The Balaban J connectivity index is 3.39. The van der Waals surface area contributed by atoms with Gasteiger partial charge in [-0.25, -0.2) is 0 Å². The molecule has 0 amide bonds. The maximum absolute atomic E-state index is 9.90. The first kappa shape index (κ1) is 11.5. The van der Waals surface area contributed by atoms with Crippen LogP contribution in [0.1, 0.15) is 40.0 Å². The maximum atomic E-state index is 9.90. The zero-order valence-corrected chi connectivity index (χ0v) is 8.38. The zero-order valence-electron chi connectivity index (χ0n) is 8.38. The van der Waals surface area contributed by atoms with Crippen molar-refractivity contribution in [2.75, 3.05) is 6.61 Å². The van der Waals surface area contributed by atoms with E-state index in [0.29, 0.717) is 19.0 Å². The second-order valence-electron chi connectivity index (χ2n) is 3.66. The van der Waals surface area contributed by atoms with Crippen LogP contribution >= 0.6 is 0 Å². The van der Waals surface area contributed by atoms with Crippen molar-refractivity contribution in [2.45, 2.75) is 40.0 Å². The van der Waals surface area contributed by atoms with Crippen LogP contribution in [-0.4, -0.2) is 13.1 Å². The van der Waals surface area contributed by atoms with Crippen molar-refractivity contribution in [3.8, 4) is 0 Å². The minimum atomic E-state index is 0.497. The van der Waals surface area contributed by atoms with E-state index in [9.17, 15) is 4.79 Å². The van der Waals surface area contributed by atoms with E-state index in [1.807, 2.05) is 0 Å². The Kier molecular flexibility index (Phi) is 6.82. The molecule has 0 saturated carbocycles. The third-order valence-electron chi connectivity index (χ3n) is 2.03. The lowest BCUT2D eigenvalue weighted by Gasteiger charge is -2.15. The van der Waals surface area contributed by atoms with Crippen molar-refractivity contribution in [3.63, 3.8) is 0 Å². The Labute approximate surface area is 75.3 Å². The molecule has 0 aromatic rings. The number of rotatable bonds is 7. The van der Waals surface area contributed by atoms with Crippen LogP contribution in [0.25, 0.3) is 0 Å². The summed E-state index contributed by atoms with van der Waals surface area (Å²) in [4.78, 5) is 9.90. The van der Waals surface area contributed by atoms with Gasteiger partial charge in [0.25, 0.3) is 6.47 Å². The minimum absolute atomic E-state index is 0.497. The molecule has 2 unspecified atom stereocenters. The van der Waals surface area contributed by atoms with Crippen molar-refractivity contribution in [3.05, 3.63) is 0 Å². The van der Waals surface area contributed by atoms with Gasteiger partial charge in [-0.05, 0) is 18.3 Å². The molecule has 0 aliphatic heterocycles. The average Bonchev–Trinajstić information content (AvgIpc) is 2.01. The molecule has 0 aliphatic carbocycles. The lowest BCUT2D eigenvalue weighted by atomic mass is 9.94. The molecule has 0 aromatic heterocycles. The van der Waals surface area contributed by atoms with Gasteiger partial charge < -0.3 is 4.74 Å². The first-order valence-corrected chi connectivity index (χ1v) is 4.75. The number of ether oxygens (including phenoxy) is 1. The Bertz CT molecular complexity index is 112. The number of carbonyl (C=O) groups excluding carboxylic acids is 1. The number of hydrogen-bond donors (Lipinski definition) is 0. The van der Waals surface area contributed by atoms with Gasteiger partial charge in [0.05, 0.1) is 6.61 Å². The number of hydrogen-bond acceptors (Lipinski definition) is 2. The normalized spacial score (nSPS) is 15.2. The summed E-state index contributed by atoms with van der Waals surface area (Å²) in [6.45, 7) is 7.66. The van der Waals surface area contributed by atoms with Crippen molar-refractivity contribution < 1.29 is 9.53 Å². The lowest BCUT2D eigenvalue weighted by molar-refractivity contribution is -0.129. The van der Waals surface area contributed by atoms with Crippen LogP contribution in [0.15, 0.2) is 0 Å². The summed E-state index contributed by atoms with van der Waals surface area (Å²) in [7, 11) is 0. The van der Waals surface area contributed by atoms with E-state index in [2.05, 4.69) is 20.8 Å². The summed E-state index contributed by atoms with van der Waals surface area (Å²) in [5.74, 6) is 1.25. The molecular weight excluding hydrogens is 152 g/mol. The highest BCUT2D eigenvalue weighted by molar-refractivity contribution is 5.36. The topological polar surface area (TPSA) is 26.3 Å². The predicted octanol–water partition coefficient (Wildman–Crippen LogP) is 2.62. The van der Waals surface area contributed by atoms with Gasteiger partial charge in [-0.1, -0.05) is 33.6 Å². The molecule has 0 saturated heterocycles. The van der Waals surface area contributed by atoms with E-state index in [-0.39, 0.29) is 0 Å². The summed E-state index contributed by atoms with van der Waals surface area (Å²) in [6.07, 6.45) is 3.66. The third-order valence-corrected chi connectivity index (χ3v) is 2.03. The van der Waals surface area contributed by atoms with Gasteiger partial charge in [-0.2, -0.15) is 0 Å². The molecule has 0 aromatic carbocycles. The molecular formula is C10H20O2. The number of carbonyl (C=O) groups is 1. The molecule has 0 radical (unpaired) electrons. The van der Waals surface area contributed by atoms with Crippen molar-refractivity contribution in [1.82, 2.24) is 0 Å². The van der Waals surface area contributed by atoms with E-state index in [1.54, 1.807) is 0 Å². The second-order valence-corrected chi connectivity index (χ2v) is 3.66. The highest BCUT2D eigenvalue weighted by Crippen LogP contribution is 2.16. The van der Waals surface area contributed by atoms with Crippen LogP contribution in [-0.2, 0) is 9.53 Å². The fourth-order valence-electron chi connectivity index (χ4n) is 1.57. The van der Waals surface area contributed by atoms with E-state index in [4.69, 9.17) is 4.74 Å². The average molecular weight is 172 g/mol. The van der Waals surface area contributed by atoms with Gasteiger partial charge in [0.15, 0.2) is 0 Å². The summed E-state index contributed by atoms with van der Waals surface area (Å²) in [5.41, 5.74) is 0. The van der Waals surface area contributed by atoms with Crippen molar-refractivity contribution >= 4 is 6.47 Å². The summed E-state index contributed by atoms with van der Waals surface area (Å²) in [6, 6.07) is 0. The summed E-state index contributed by atoms with van der Waals surface area (Å²) in [5, 5.41) is 0.